The average Bonchev–Trinajstić information content (AvgIpc) is 3.93. The van der Waals surface area contributed by atoms with Crippen LogP contribution in [0, 0.1) is 5.92 Å². The van der Waals surface area contributed by atoms with Gasteiger partial charge < -0.3 is 29.4 Å². The molecule has 0 radical (unpaired) electrons. The molecule has 2 saturated heterocycles. The number of β-amino-alcohol motifs (C(OH)–C–C–N with tert-alkyl or cyclic N) is 1. The second-order valence-electron chi connectivity index (χ2n) is 14.1. The quantitative estimate of drug-likeness (QED) is 0.128. The molecule has 2 fully saturated rings. The molecule has 6 aromatic rings. The maximum absolute atomic E-state index is 14.4. The summed E-state index contributed by atoms with van der Waals surface area (Å²) in [7, 11) is 0. The molecule has 0 unspecified atom stereocenters. The van der Waals surface area contributed by atoms with Gasteiger partial charge in [0.25, 0.3) is 5.56 Å². The number of nitrogens with zero attached hydrogens (tertiary/aromatic N) is 6. The van der Waals surface area contributed by atoms with Gasteiger partial charge >= 0.3 is 12.1 Å². The smallest absolute Gasteiger partial charge is 0.421 e. The first-order valence-electron chi connectivity index (χ1n) is 17.9. The van der Waals surface area contributed by atoms with E-state index in [-0.39, 0.29) is 47.2 Å². The zero-order valence-electron chi connectivity index (χ0n) is 29.6. The molecule has 290 valence electrons. The first kappa shape index (κ1) is 37.8. The van der Waals surface area contributed by atoms with Crippen LogP contribution in [0.3, 0.4) is 0 Å². The highest BCUT2D eigenvalue weighted by atomic mass is 35.5. The molecule has 2 aliphatic heterocycles. The van der Waals surface area contributed by atoms with E-state index in [9.17, 15) is 33.0 Å². The Balaban J connectivity index is 1.09. The number of carboxylic acids is 1. The van der Waals surface area contributed by atoms with E-state index in [0.29, 0.717) is 60.4 Å². The van der Waals surface area contributed by atoms with Crippen LogP contribution in [-0.2, 0) is 24.1 Å². The van der Waals surface area contributed by atoms with Crippen molar-refractivity contribution >= 4 is 62.7 Å². The third-order valence-electron chi connectivity index (χ3n) is 10.3. The minimum Gasteiger partial charge on any atom is -0.481 e. The third-order valence-corrected chi connectivity index (χ3v) is 11.1. The van der Waals surface area contributed by atoms with E-state index < -0.39 is 40.3 Å². The summed E-state index contributed by atoms with van der Waals surface area (Å²) in [6.45, 7) is 2.88. The Morgan fingerprint density at radius 2 is 1.70 bits per heavy atom. The molecule has 56 heavy (non-hydrogen) atoms. The largest absolute Gasteiger partial charge is 0.481 e. The zero-order valence-corrected chi connectivity index (χ0v) is 31.1. The van der Waals surface area contributed by atoms with Crippen LogP contribution in [0.4, 0.5) is 24.7 Å². The van der Waals surface area contributed by atoms with Crippen LogP contribution in [0.15, 0.2) is 76.3 Å². The normalized spacial score (nSPS) is 18.0. The Labute approximate surface area is 327 Å². The summed E-state index contributed by atoms with van der Waals surface area (Å²) < 4.78 is 49.7. The van der Waals surface area contributed by atoms with E-state index in [1.54, 1.807) is 47.6 Å². The van der Waals surface area contributed by atoms with E-state index in [1.165, 1.54) is 6.07 Å². The van der Waals surface area contributed by atoms with E-state index in [2.05, 4.69) is 25.2 Å². The molecule has 3 N–H and O–H groups in total. The van der Waals surface area contributed by atoms with Gasteiger partial charge in [0.15, 0.2) is 16.9 Å². The zero-order chi connectivity index (χ0) is 39.3. The summed E-state index contributed by atoms with van der Waals surface area (Å²) in [6, 6.07) is 14.0. The van der Waals surface area contributed by atoms with Gasteiger partial charge in [-0.1, -0.05) is 47.5 Å². The molecule has 2 aliphatic rings. The Hall–Kier alpha value is -5.06. The molecule has 17 heteroatoms. The summed E-state index contributed by atoms with van der Waals surface area (Å²) in [6.07, 6.45) is 0.128. The number of aliphatic carboxylic acids is 1. The van der Waals surface area contributed by atoms with Crippen LogP contribution in [0.5, 0.6) is 0 Å². The molecule has 0 saturated carbocycles. The lowest BCUT2D eigenvalue weighted by atomic mass is 10.0. The number of aromatic nitrogens is 4. The van der Waals surface area contributed by atoms with Gasteiger partial charge in [-0.05, 0) is 49.2 Å². The number of carboxylic acid groups (broad SMARTS) is 1. The van der Waals surface area contributed by atoms with E-state index >= 15 is 0 Å². The van der Waals surface area contributed by atoms with E-state index in [4.69, 9.17) is 27.6 Å². The van der Waals surface area contributed by atoms with Gasteiger partial charge in [-0.25, -0.2) is 9.97 Å². The van der Waals surface area contributed by atoms with E-state index in [0.717, 1.165) is 28.5 Å². The standard InChI is InChI=1S/C39H34Cl2F3N7O5/c40-30-25(26-4-2-6-29(31(26)41)47-35-32-22(7-10-45-35)15-21(16-46-32)17-50-12-9-24(52)19-50)3-1-5-27(30)36-48-33-34(56-36)28(39(42,43)44)20-51(37(33)53)14-13-49-11-8-23(18-49)38(54)55/h1-7,10,15-16,20,23-24,52H,8-9,11-14,17-19H2,(H,45,47)(H,54,55)/t23-,24-/m1/s1. The van der Waals surface area contributed by atoms with Crippen molar-refractivity contribution in [2.24, 2.45) is 5.92 Å². The lowest BCUT2D eigenvalue weighted by molar-refractivity contribution is -0.141. The lowest BCUT2D eigenvalue weighted by Crippen LogP contribution is -2.31. The number of likely N-dealkylation sites (tertiary alicyclic amines) is 2. The summed E-state index contributed by atoms with van der Waals surface area (Å²) in [5.41, 5.74) is -0.00470. The number of oxazole rings is 1. The fourth-order valence-corrected chi connectivity index (χ4v) is 7.98. The predicted octanol–water partition coefficient (Wildman–Crippen LogP) is 7.31. The highest BCUT2D eigenvalue weighted by molar-refractivity contribution is 6.39. The van der Waals surface area contributed by atoms with Crippen LogP contribution < -0.4 is 10.9 Å². The first-order valence-corrected chi connectivity index (χ1v) is 18.6. The van der Waals surface area contributed by atoms with Gasteiger partial charge in [-0.15, -0.1) is 0 Å². The van der Waals surface area contributed by atoms with Gasteiger partial charge in [0.05, 0.1) is 33.3 Å². The molecule has 0 spiro atoms. The Morgan fingerprint density at radius 3 is 2.43 bits per heavy atom. The second-order valence-corrected chi connectivity index (χ2v) is 14.8. The average molecular weight is 809 g/mol. The molecule has 4 aromatic heterocycles. The summed E-state index contributed by atoms with van der Waals surface area (Å²) in [5.74, 6) is -1.32. The van der Waals surface area contributed by atoms with Crippen LogP contribution in [0.1, 0.15) is 24.0 Å². The van der Waals surface area contributed by atoms with E-state index in [1.807, 2.05) is 12.1 Å². The van der Waals surface area contributed by atoms with Crippen molar-refractivity contribution in [2.75, 3.05) is 38.0 Å². The third kappa shape index (κ3) is 7.44. The lowest BCUT2D eigenvalue weighted by Gasteiger charge is -2.17. The van der Waals surface area contributed by atoms with Crippen molar-refractivity contribution in [1.29, 1.82) is 0 Å². The van der Waals surface area contributed by atoms with Crippen molar-refractivity contribution in [3.8, 4) is 22.6 Å². The Bertz CT molecular complexity index is 2550. The number of halogens is 5. The first-order chi connectivity index (χ1) is 26.8. The highest BCUT2D eigenvalue weighted by Crippen LogP contribution is 2.43. The second kappa shape index (κ2) is 15.1. The number of pyridine rings is 3. The van der Waals surface area contributed by atoms with Crippen molar-refractivity contribution in [3.63, 3.8) is 0 Å². The molecule has 2 aromatic carbocycles. The monoisotopic (exact) mass is 807 g/mol. The number of benzene rings is 2. The number of anilines is 2. The fraction of sp³-hybridized carbons (Fsp3) is 0.308. The van der Waals surface area contributed by atoms with Crippen LogP contribution in [0.2, 0.25) is 10.0 Å². The Morgan fingerprint density at radius 1 is 0.946 bits per heavy atom. The summed E-state index contributed by atoms with van der Waals surface area (Å²) >= 11 is 13.9. The fourth-order valence-electron chi connectivity index (χ4n) is 7.39. The molecule has 0 bridgehead atoms. The maximum atomic E-state index is 14.4. The van der Waals surface area contributed by atoms with Gasteiger partial charge in [-0.2, -0.15) is 13.2 Å². The van der Waals surface area contributed by atoms with Gasteiger partial charge in [0, 0.05) is 74.4 Å². The number of rotatable bonds is 10. The molecule has 12 nitrogen and oxygen atoms in total. The summed E-state index contributed by atoms with van der Waals surface area (Å²) in [5, 5.41) is 23.7. The van der Waals surface area contributed by atoms with Crippen molar-refractivity contribution in [2.45, 2.75) is 38.2 Å². The van der Waals surface area contributed by atoms with Gasteiger partial charge in [-0.3, -0.25) is 19.5 Å². The molecule has 0 amide bonds. The molecule has 6 heterocycles. The minimum absolute atomic E-state index is 0.0806. The number of nitrogens with one attached hydrogen (secondary N) is 1. The predicted molar refractivity (Wildman–Crippen MR) is 205 cm³/mol. The number of fused-ring (bicyclic) bond motifs is 2. The van der Waals surface area contributed by atoms with Gasteiger partial charge in [0.2, 0.25) is 5.89 Å². The maximum Gasteiger partial charge on any atom is 0.421 e. The van der Waals surface area contributed by atoms with Crippen molar-refractivity contribution in [3.05, 3.63) is 98.6 Å². The van der Waals surface area contributed by atoms with Crippen molar-refractivity contribution < 1.29 is 32.6 Å². The van der Waals surface area contributed by atoms with Gasteiger partial charge in [0.1, 0.15) is 11.1 Å². The SMILES string of the molecule is O=C(O)[C@@H]1CCN(CCn2cc(C(F)(F)F)c3oc(-c4cccc(-c5cccc(Nc6nccc7cc(CN8CC[C@@H](O)C8)cnc67)c5Cl)c4Cl)nc3c2=O)C1. The molecule has 2 atom stereocenters. The number of hydrogen-bond donors (Lipinski definition) is 3. The number of hydrogen-bond acceptors (Lipinski definition) is 10. The molecule has 8 rings (SSSR count). The number of aliphatic hydroxyl groups excluding tert-OH is 1. The molecular weight excluding hydrogens is 774 g/mol. The number of aliphatic hydroxyl groups is 1. The summed E-state index contributed by atoms with van der Waals surface area (Å²) in [4.78, 5) is 42.3. The number of carbonyl (C=O) groups is 1. The van der Waals surface area contributed by atoms with Crippen molar-refractivity contribution in [1.82, 2.24) is 29.3 Å². The topological polar surface area (TPSA) is 150 Å². The van der Waals surface area contributed by atoms with Crippen LogP contribution in [-0.4, -0.2) is 84.3 Å². The minimum atomic E-state index is -4.88. The molecular formula is C39H34Cl2F3N7O5. The highest BCUT2D eigenvalue weighted by Gasteiger charge is 2.37. The molecule has 0 aliphatic carbocycles. The van der Waals surface area contributed by atoms with Crippen LogP contribution in [0.25, 0.3) is 44.6 Å². The van der Waals surface area contributed by atoms with Crippen LogP contribution >= 0.6 is 23.2 Å². The number of alkyl halides is 3. The Kier molecular flexibility index (Phi) is 10.2.